The van der Waals surface area contributed by atoms with Gasteiger partial charge in [0.2, 0.25) is 5.91 Å². The number of nitrogens with one attached hydrogen (secondary N) is 1. The third kappa shape index (κ3) is 2.57. The van der Waals surface area contributed by atoms with E-state index in [-0.39, 0.29) is 5.92 Å². The van der Waals surface area contributed by atoms with E-state index in [4.69, 9.17) is 0 Å². The Kier molecular flexibility index (Phi) is 3.24. The molecule has 2 aliphatic rings. The first-order valence-corrected chi connectivity index (χ1v) is 6.50. The van der Waals surface area contributed by atoms with Crippen LogP contribution in [0, 0.1) is 11.3 Å². The fraction of sp³-hybridized carbons (Fsp3) is 0.923. The summed E-state index contributed by atoms with van der Waals surface area (Å²) in [7, 11) is 0. The van der Waals surface area contributed by atoms with E-state index in [9.17, 15) is 4.79 Å². The molecule has 3 heteroatoms. The molecule has 0 aromatic heterocycles. The molecule has 0 bridgehead atoms. The van der Waals surface area contributed by atoms with Gasteiger partial charge in [-0.2, -0.15) is 0 Å². The number of amides is 1. The normalized spacial score (nSPS) is 34.1. The molecule has 0 aliphatic carbocycles. The first kappa shape index (κ1) is 11.9. The molecule has 0 radical (unpaired) electrons. The number of nitrogens with zero attached hydrogens (tertiary/aromatic N) is 1. The topological polar surface area (TPSA) is 32.3 Å². The van der Waals surface area contributed by atoms with Crippen LogP contribution in [0.1, 0.15) is 40.0 Å². The first-order valence-electron chi connectivity index (χ1n) is 6.50. The van der Waals surface area contributed by atoms with Crippen molar-refractivity contribution >= 4 is 5.91 Å². The van der Waals surface area contributed by atoms with Gasteiger partial charge in [-0.05, 0) is 38.1 Å². The Morgan fingerprint density at radius 3 is 2.75 bits per heavy atom. The molecule has 3 nitrogen and oxygen atoms in total. The third-order valence-electron chi connectivity index (χ3n) is 3.96. The van der Waals surface area contributed by atoms with E-state index in [1.807, 2.05) is 0 Å². The summed E-state index contributed by atoms with van der Waals surface area (Å²) < 4.78 is 0. The Morgan fingerprint density at radius 1 is 1.44 bits per heavy atom. The van der Waals surface area contributed by atoms with E-state index in [0.29, 0.717) is 17.4 Å². The van der Waals surface area contributed by atoms with Crippen molar-refractivity contribution in [3.05, 3.63) is 0 Å². The van der Waals surface area contributed by atoms with Gasteiger partial charge in [0.05, 0.1) is 0 Å². The highest BCUT2D eigenvalue weighted by Crippen LogP contribution is 2.31. The summed E-state index contributed by atoms with van der Waals surface area (Å²) in [6.45, 7) is 9.59. The van der Waals surface area contributed by atoms with Gasteiger partial charge in [-0.15, -0.1) is 0 Å². The van der Waals surface area contributed by atoms with Crippen LogP contribution >= 0.6 is 0 Å². The van der Waals surface area contributed by atoms with E-state index < -0.39 is 0 Å². The second kappa shape index (κ2) is 4.36. The molecule has 0 aromatic carbocycles. The molecule has 0 saturated carbocycles. The maximum Gasteiger partial charge on any atom is 0.225 e. The predicted octanol–water partition coefficient (Wildman–Crippen LogP) is 1.63. The molecule has 1 N–H and O–H groups in total. The zero-order chi connectivity index (χ0) is 11.8. The van der Waals surface area contributed by atoms with Gasteiger partial charge in [-0.3, -0.25) is 4.79 Å². The standard InChI is InChI=1S/C13H24N2O/c1-10-8-11(4-6-14-10)12(16)15-7-5-13(2,3)9-15/h10-11,14H,4-9H2,1-3H3/t10-,11-/m0/s1. The quantitative estimate of drug-likeness (QED) is 0.734. The van der Waals surface area contributed by atoms with Gasteiger partial charge in [0.15, 0.2) is 0 Å². The van der Waals surface area contributed by atoms with Crippen LogP contribution in [0.25, 0.3) is 0 Å². The molecule has 0 unspecified atom stereocenters. The molecule has 0 aromatic rings. The number of carbonyl (C=O) groups excluding carboxylic acids is 1. The Hall–Kier alpha value is -0.570. The van der Waals surface area contributed by atoms with Crippen molar-refractivity contribution in [3.8, 4) is 0 Å². The van der Waals surface area contributed by atoms with Gasteiger partial charge in [0, 0.05) is 25.0 Å². The highest BCUT2D eigenvalue weighted by Gasteiger charge is 2.35. The van der Waals surface area contributed by atoms with Gasteiger partial charge in [0.1, 0.15) is 0 Å². The zero-order valence-electron chi connectivity index (χ0n) is 10.8. The van der Waals surface area contributed by atoms with Crippen molar-refractivity contribution in [2.45, 2.75) is 46.1 Å². The van der Waals surface area contributed by atoms with Crippen LogP contribution in [0.4, 0.5) is 0 Å². The molecular weight excluding hydrogens is 200 g/mol. The molecule has 92 valence electrons. The molecular formula is C13H24N2O. The number of hydrogen-bond donors (Lipinski definition) is 1. The molecule has 2 heterocycles. The summed E-state index contributed by atoms with van der Waals surface area (Å²) in [6.07, 6.45) is 3.18. The van der Waals surface area contributed by atoms with Crippen molar-refractivity contribution in [2.24, 2.45) is 11.3 Å². The summed E-state index contributed by atoms with van der Waals surface area (Å²) in [5, 5.41) is 3.40. The average Bonchev–Trinajstić information content (AvgIpc) is 2.58. The lowest BCUT2D eigenvalue weighted by Crippen LogP contribution is -2.43. The van der Waals surface area contributed by atoms with E-state index in [2.05, 4.69) is 31.0 Å². The van der Waals surface area contributed by atoms with Crippen LogP contribution in [-0.4, -0.2) is 36.5 Å². The minimum atomic E-state index is 0.269. The lowest BCUT2D eigenvalue weighted by atomic mass is 9.91. The van der Waals surface area contributed by atoms with E-state index in [1.54, 1.807) is 0 Å². The molecule has 2 saturated heterocycles. The average molecular weight is 224 g/mol. The van der Waals surface area contributed by atoms with Crippen LogP contribution < -0.4 is 5.32 Å². The van der Waals surface area contributed by atoms with Crippen LogP contribution in [-0.2, 0) is 4.79 Å². The van der Waals surface area contributed by atoms with Gasteiger partial charge in [-0.1, -0.05) is 13.8 Å². The summed E-state index contributed by atoms with van der Waals surface area (Å²) in [5.74, 6) is 0.670. The molecule has 2 fully saturated rings. The van der Waals surface area contributed by atoms with Crippen LogP contribution in [0.5, 0.6) is 0 Å². The lowest BCUT2D eigenvalue weighted by Gasteiger charge is -2.30. The number of piperidine rings is 1. The number of carbonyl (C=O) groups is 1. The summed E-state index contributed by atoms with van der Waals surface area (Å²) in [5.41, 5.74) is 0.328. The van der Waals surface area contributed by atoms with Crippen molar-refractivity contribution in [1.29, 1.82) is 0 Å². The van der Waals surface area contributed by atoms with Crippen LogP contribution in [0.2, 0.25) is 0 Å². The zero-order valence-corrected chi connectivity index (χ0v) is 10.8. The Bertz CT molecular complexity index is 271. The van der Waals surface area contributed by atoms with E-state index in [1.165, 1.54) is 0 Å². The Labute approximate surface area is 98.6 Å². The molecule has 2 aliphatic heterocycles. The van der Waals surface area contributed by atoms with Gasteiger partial charge in [0.25, 0.3) is 0 Å². The van der Waals surface area contributed by atoms with Crippen molar-refractivity contribution < 1.29 is 4.79 Å². The van der Waals surface area contributed by atoms with Gasteiger partial charge in [-0.25, -0.2) is 0 Å². The minimum Gasteiger partial charge on any atom is -0.342 e. The summed E-state index contributed by atoms with van der Waals surface area (Å²) >= 11 is 0. The number of hydrogen-bond acceptors (Lipinski definition) is 2. The maximum absolute atomic E-state index is 12.3. The largest absolute Gasteiger partial charge is 0.342 e. The third-order valence-corrected chi connectivity index (χ3v) is 3.96. The van der Waals surface area contributed by atoms with E-state index in [0.717, 1.165) is 38.9 Å². The number of rotatable bonds is 1. The highest BCUT2D eigenvalue weighted by molar-refractivity contribution is 5.79. The van der Waals surface area contributed by atoms with E-state index >= 15 is 0 Å². The van der Waals surface area contributed by atoms with Crippen molar-refractivity contribution in [2.75, 3.05) is 19.6 Å². The second-order valence-corrected chi connectivity index (χ2v) is 6.25. The summed E-state index contributed by atoms with van der Waals surface area (Å²) in [6, 6.07) is 0.498. The fourth-order valence-electron chi connectivity index (χ4n) is 2.91. The highest BCUT2D eigenvalue weighted by atomic mass is 16.2. The van der Waals surface area contributed by atoms with Gasteiger partial charge >= 0.3 is 0 Å². The summed E-state index contributed by atoms with van der Waals surface area (Å²) in [4.78, 5) is 14.4. The maximum atomic E-state index is 12.3. The fourth-order valence-corrected chi connectivity index (χ4v) is 2.91. The van der Waals surface area contributed by atoms with Crippen LogP contribution in [0.3, 0.4) is 0 Å². The Balaban J connectivity index is 1.92. The monoisotopic (exact) mass is 224 g/mol. The van der Waals surface area contributed by atoms with Gasteiger partial charge < -0.3 is 10.2 Å². The number of likely N-dealkylation sites (tertiary alicyclic amines) is 1. The van der Waals surface area contributed by atoms with Crippen molar-refractivity contribution in [3.63, 3.8) is 0 Å². The Morgan fingerprint density at radius 2 is 2.19 bits per heavy atom. The lowest BCUT2D eigenvalue weighted by molar-refractivity contribution is -0.136. The second-order valence-electron chi connectivity index (χ2n) is 6.25. The first-order chi connectivity index (χ1) is 7.48. The molecule has 2 rings (SSSR count). The molecule has 0 spiro atoms. The molecule has 2 atom stereocenters. The molecule has 16 heavy (non-hydrogen) atoms. The minimum absolute atomic E-state index is 0.269. The molecule has 1 amide bonds. The van der Waals surface area contributed by atoms with Crippen LogP contribution in [0.15, 0.2) is 0 Å². The smallest absolute Gasteiger partial charge is 0.225 e. The SMILES string of the molecule is C[C@H]1C[C@@H](C(=O)N2CCC(C)(C)C2)CCN1. The van der Waals surface area contributed by atoms with Crippen molar-refractivity contribution in [1.82, 2.24) is 10.2 Å². The predicted molar refractivity (Wildman–Crippen MR) is 65.2 cm³/mol.